The topological polar surface area (TPSA) is 26.3 Å². The molecule has 1 aliphatic rings. The van der Waals surface area contributed by atoms with Crippen LogP contribution in [0.2, 0.25) is 0 Å². The fourth-order valence-corrected chi connectivity index (χ4v) is 2.49. The van der Waals surface area contributed by atoms with Gasteiger partial charge in [-0.15, -0.1) is 0 Å². The van der Waals surface area contributed by atoms with Crippen molar-refractivity contribution in [1.29, 1.82) is 0 Å². The minimum Gasteiger partial charge on any atom is -0.459 e. The summed E-state index contributed by atoms with van der Waals surface area (Å²) in [7, 11) is 0. The van der Waals surface area contributed by atoms with Crippen LogP contribution < -0.4 is 0 Å². The fraction of sp³-hybridized carbons (Fsp3) is 0.923. The van der Waals surface area contributed by atoms with Crippen molar-refractivity contribution >= 4 is 5.97 Å². The lowest BCUT2D eigenvalue weighted by atomic mass is 9.76. The highest BCUT2D eigenvalue weighted by Gasteiger charge is 2.36. The van der Waals surface area contributed by atoms with Crippen LogP contribution in [0.25, 0.3) is 0 Å². The molecule has 2 heteroatoms. The van der Waals surface area contributed by atoms with Gasteiger partial charge in [0.25, 0.3) is 0 Å². The second-order valence-corrected chi connectivity index (χ2v) is 4.83. The molecular weight excluding hydrogens is 188 g/mol. The summed E-state index contributed by atoms with van der Waals surface area (Å²) < 4.78 is 5.64. The van der Waals surface area contributed by atoms with Crippen molar-refractivity contribution < 1.29 is 9.53 Å². The van der Waals surface area contributed by atoms with Gasteiger partial charge in [0.15, 0.2) is 0 Å². The number of hydrogen-bond donors (Lipinski definition) is 0. The molecule has 0 aromatic rings. The van der Waals surface area contributed by atoms with Gasteiger partial charge in [-0.3, -0.25) is 4.79 Å². The van der Waals surface area contributed by atoms with E-state index in [1.165, 1.54) is 32.1 Å². The largest absolute Gasteiger partial charge is 0.459 e. The maximum absolute atomic E-state index is 11.4. The van der Waals surface area contributed by atoms with Crippen LogP contribution in [0.4, 0.5) is 0 Å². The summed E-state index contributed by atoms with van der Waals surface area (Å²) in [5.74, 6) is 0.525. The molecule has 1 saturated carbocycles. The van der Waals surface area contributed by atoms with E-state index in [4.69, 9.17) is 4.74 Å². The van der Waals surface area contributed by atoms with E-state index in [0.29, 0.717) is 12.3 Å². The summed E-state index contributed by atoms with van der Waals surface area (Å²) in [6, 6.07) is 0. The number of esters is 1. The van der Waals surface area contributed by atoms with Gasteiger partial charge in [0, 0.05) is 6.42 Å². The molecule has 1 unspecified atom stereocenters. The second-order valence-electron chi connectivity index (χ2n) is 4.83. The number of carbonyl (C=O) groups is 1. The Morgan fingerprint density at radius 1 is 1.27 bits per heavy atom. The predicted octanol–water partition coefficient (Wildman–Crippen LogP) is 3.69. The van der Waals surface area contributed by atoms with Crippen molar-refractivity contribution in [2.75, 3.05) is 0 Å². The normalized spacial score (nSPS) is 22.1. The third kappa shape index (κ3) is 3.22. The highest BCUT2D eigenvalue weighted by molar-refractivity contribution is 5.69. The zero-order valence-electron chi connectivity index (χ0n) is 10.3. The lowest BCUT2D eigenvalue weighted by Crippen LogP contribution is -2.40. The molecule has 1 atom stereocenters. The minimum atomic E-state index is -0.215. The van der Waals surface area contributed by atoms with Crippen LogP contribution in [-0.2, 0) is 9.53 Å². The van der Waals surface area contributed by atoms with Gasteiger partial charge in [0.05, 0.1) is 0 Å². The third-order valence-electron chi connectivity index (χ3n) is 3.81. The Morgan fingerprint density at radius 3 is 2.33 bits per heavy atom. The average molecular weight is 212 g/mol. The van der Waals surface area contributed by atoms with Crippen LogP contribution in [0.1, 0.15) is 65.7 Å². The second kappa shape index (κ2) is 5.53. The van der Waals surface area contributed by atoms with E-state index in [2.05, 4.69) is 13.8 Å². The first-order chi connectivity index (χ1) is 7.12. The highest BCUT2D eigenvalue weighted by Crippen LogP contribution is 2.37. The Labute approximate surface area is 93.4 Å². The van der Waals surface area contributed by atoms with Crippen LogP contribution in [-0.4, -0.2) is 11.6 Å². The zero-order valence-corrected chi connectivity index (χ0v) is 10.3. The molecule has 0 heterocycles. The maximum atomic E-state index is 11.4. The summed E-state index contributed by atoms with van der Waals surface area (Å²) in [5.41, 5.74) is -0.215. The van der Waals surface area contributed by atoms with Crippen LogP contribution in [0, 0.1) is 5.92 Å². The first-order valence-corrected chi connectivity index (χ1v) is 6.34. The number of rotatable bonds is 4. The number of ether oxygens (including phenoxy) is 1. The van der Waals surface area contributed by atoms with Gasteiger partial charge in [0.1, 0.15) is 5.60 Å². The van der Waals surface area contributed by atoms with Crippen molar-refractivity contribution in [3.63, 3.8) is 0 Å². The Bertz CT molecular complexity index is 207. The molecule has 0 radical (unpaired) electrons. The summed E-state index contributed by atoms with van der Waals surface area (Å²) in [5, 5.41) is 0. The van der Waals surface area contributed by atoms with Crippen molar-refractivity contribution in [2.45, 2.75) is 71.3 Å². The lowest BCUT2D eigenvalue weighted by molar-refractivity contribution is -0.165. The van der Waals surface area contributed by atoms with Crippen molar-refractivity contribution in [1.82, 2.24) is 0 Å². The van der Waals surface area contributed by atoms with Gasteiger partial charge in [-0.25, -0.2) is 0 Å². The third-order valence-corrected chi connectivity index (χ3v) is 3.81. The lowest BCUT2D eigenvalue weighted by Gasteiger charge is -2.38. The molecule has 0 spiro atoms. The smallest absolute Gasteiger partial charge is 0.306 e. The average Bonchev–Trinajstić information content (AvgIpc) is 2.30. The molecule has 0 saturated heterocycles. The highest BCUT2D eigenvalue weighted by atomic mass is 16.6. The fourth-order valence-electron chi connectivity index (χ4n) is 2.49. The Hall–Kier alpha value is -0.530. The van der Waals surface area contributed by atoms with Crippen molar-refractivity contribution in [2.24, 2.45) is 5.92 Å². The zero-order chi connectivity index (χ0) is 11.3. The van der Waals surface area contributed by atoms with Crippen LogP contribution in [0.5, 0.6) is 0 Å². The van der Waals surface area contributed by atoms with E-state index in [-0.39, 0.29) is 11.6 Å². The number of hydrogen-bond acceptors (Lipinski definition) is 2. The molecule has 0 aromatic carbocycles. The molecule has 1 fully saturated rings. The molecule has 0 amide bonds. The van der Waals surface area contributed by atoms with Crippen LogP contribution >= 0.6 is 0 Å². The van der Waals surface area contributed by atoms with E-state index in [9.17, 15) is 4.79 Å². The van der Waals surface area contributed by atoms with Gasteiger partial charge in [-0.2, -0.15) is 0 Å². The monoisotopic (exact) mass is 212 g/mol. The Kier molecular flexibility index (Phi) is 4.62. The molecule has 0 aromatic heterocycles. The molecule has 0 bridgehead atoms. The predicted molar refractivity (Wildman–Crippen MR) is 61.7 cm³/mol. The van der Waals surface area contributed by atoms with E-state index in [0.717, 1.165) is 6.42 Å². The summed E-state index contributed by atoms with van der Waals surface area (Å²) in [4.78, 5) is 11.4. The standard InChI is InChI=1S/C13H24O2/c1-4-12(14)15-13(3,5-2)11-9-7-6-8-10-11/h11H,4-10H2,1-3H3. The molecular formula is C13H24O2. The van der Waals surface area contributed by atoms with Gasteiger partial charge in [-0.1, -0.05) is 33.1 Å². The molecule has 1 aliphatic carbocycles. The number of carbonyl (C=O) groups excluding carboxylic acids is 1. The van der Waals surface area contributed by atoms with Crippen LogP contribution in [0.15, 0.2) is 0 Å². The van der Waals surface area contributed by atoms with Crippen molar-refractivity contribution in [3.8, 4) is 0 Å². The van der Waals surface area contributed by atoms with Gasteiger partial charge in [-0.05, 0) is 32.1 Å². The quantitative estimate of drug-likeness (QED) is 0.664. The first-order valence-electron chi connectivity index (χ1n) is 6.34. The SMILES string of the molecule is CCC(=O)OC(C)(CC)C1CCCCC1. The summed E-state index contributed by atoms with van der Waals surface area (Å²) >= 11 is 0. The van der Waals surface area contributed by atoms with Crippen LogP contribution in [0.3, 0.4) is 0 Å². The van der Waals surface area contributed by atoms with Crippen molar-refractivity contribution in [3.05, 3.63) is 0 Å². The van der Waals surface area contributed by atoms with E-state index >= 15 is 0 Å². The minimum absolute atomic E-state index is 0.0510. The van der Waals surface area contributed by atoms with Gasteiger partial charge < -0.3 is 4.74 Å². The Morgan fingerprint density at radius 2 is 1.87 bits per heavy atom. The van der Waals surface area contributed by atoms with E-state index in [1.54, 1.807) is 0 Å². The molecule has 1 rings (SSSR count). The molecule has 88 valence electrons. The summed E-state index contributed by atoms with van der Waals surface area (Å²) in [6.45, 7) is 6.09. The van der Waals surface area contributed by atoms with Gasteiger partial charge >= 0.3 is 5.97 Å². The molecule has 15 heavy (non-hydrogen) atoms. The Balaban J connectivity index is 2.60. The maximum Gasteiger partial charge on any atom is 0.306 e. The first kappa shape index (κ1) is 12.5. The molecule has 2 nitrogen and oxygen atoms in total. The van der Waals surface area contributed by atoms with E-state index in [1.807, 2.05) is 6.92 Å². The molecule has 0 N–H and O–H groups in total. The van der Waals surface area contributed by atoms with Gasteiger partial charge in [0.2, 0.25) is 0 Å². The molecule has 0 aliphatic heterocycles. The summed E-state index contributed by atoms with van der Waals surface area (Å²) in [6.07, 6.45) is 7.81. The van der Waals surface area contributed by atoms with E-state index < -0.39 is 0 Å².